The van der Waals surface area contributed by atoms with Gasteiger partial charge in [-0.1, -0.05) is 26.0 Å². The minimum absolute atomic E-state index is 0.0501. The first-order chi connectivity index (χ1) is 8.65. The summed E-state index contributed by atoms with van der Waals surface area (Å²) < 4.78 is 0. The third kappa shape index (κ3) is 3.50. The van der Waals surface area contributed by atoms with Crippen molar-refractivity contribution in [3.63, 3.8) is 0 Å². The number of thioether (sulfide) groups is 1. The van der Waals surface area contributed by atoms with E-state index in [-0.39, 0.29) is 5.91 Å². The number of para-hydroxylation sites is 2. The smallest absolute Gasteiger partial charge is 0.230 e. The molecule has 1 aromatic heterocycles. The molecule has 0 saturated carbocycles. The van der Waals surface area contributed by atoms with Crippen LogP contribution in [0.25, 0.3) is 11.0 Å². The van der Waals surface area contributed by atoms with Crippen LogP contribution in [0, 0.1) is 0 Å². The zero-order chi connectivity index (χ0) is 13.0. The lowest BCUT2D eigenvalue weighted by atomic mass is 10.3. The number of rotatable bonds is 5. The van der Waals surface area contributed by atoms with Crippen LogP contribution < -0.4 is 5.32 Å². The van der Waals surface area contributed by atoms with Crippen LogP contribution in [0.2, 0.25) is 0 Å². The molecule has 0 saturated heterocycles. The molecule has 1 aromatic carbocycles. The first-order valence-electron chi connectivity index (χ1n) is 5.97. The van der Waals surface area contributed by atoms with Gasteiger partial charge in [0.25, 0.3) is 0 Å². The van der Waals surface area contributed by atoms with Crippen molar-refractivity contribution in [3.05, 3.63) is 30.1 Å². The molecule has 0 unspecified atom stereocenters. The summed E-state index contributed by atoms with van der Waals surface area (Å²) in [7, 11) is 0. The number of carbonyl (C=O) groups excluding carboxylic acids is 1. The molecule has 0 aliphatic rings. The van der Waals surface area contributed by atoms with E-state index in [0.29, 0.717) is 17.5 Å². The van der Waals surface area contributed by atoms with E-state index in [1.54, 1.807) is 11.8 Å². The number of carbonyl (C=O) groups is 1. The molecule has 0 atom stereocenters. The van der Waals surface area contributed by atoms with E-state index in [1.807, 2.05) is 24.3 Å². The fraction of sp³-hybridized carbons (Fsp3) is 0.385. The summed E-state index contributed by atoms with van der Waals surface area (Å²) in [6.45, 7) is 4.61. The van der Waals surface area contributed by atoms with Crippen molar-refractivity contribution in [1.82, 2.24) is 15.3 Å². The van der Waals surface area contributed by atoms with Crippen LogP contribution in [-0.4, -0.2) is 26.9 Å². The zero-order valence-electron chi connectivity index (χ0n) is 10.6. The highest BCUT2D eigenvalue weighted by Crippen LogP contribution is 2.10. The number of benzene rings is 1. The molecule has 18 heavy (non-hydrogen) atoms. The van der Waals surface area contributed by atoms with Crippen LogP contribution >= 0.6 is 11.8 Å². The van der Waals surface area contributed by atoms with Gasteiger partial charge in [0.15, 0.2) is 0 Å². The summed E-state index contributed by atoms with van der Waals surface area (Å²) in [4.78, 5) is 19.1. The van der Waals surface area contributed by atoms with Crippen LogP contribution in [0.5, 0.6) is 0 Å². The number of aromatic nitrogens is 2. The van der Waals surface area contributed by atoms with Crippen LogP contribution in [0.15, 0.2) is 24.3 Å². The van der Waals surface area contributed by atoms with Crippen molar-refractivity contribution in [2.24, 2.45) is 0 Å². The number of H-pyrrole nitrogens is 1. The van der Waals surface area contributed by atoms with Gasteiger partial charge in [0.1, 0.15) is 5.82 Å². The molecule has 1 heterocycles. The first kappa shape index (κ1) is 13.0. The van der Waals surface area contributed by atoms with Gasteiger partial charge in [-0.25, -0.2) is 4.98 Å². The van der Waals surface area contributed by atoms with Gasteiger partial charge in [-0.3, -0.25) is 4.79 Å². The Labute approximate surface area is 111 Å². The molecule has 96 valence electrons. The predicted molar refractivity (Wildman–Crippen MR) is 75.5 cm³/mol. The number of fused-ring (bicyclic) bond motifs is 1. The molecular formula is C13H17N3OS. The predicted octanol–water partition coefficient (Wildman–Crippen LogP) is 2.32. The number of hydrogen-bond donors (Lipinski definition) is 2. The first-order valence-corrected chi connectivity index (χ1v) is 7.02. The molecule has 2 aromatic rings. The number of amides is 1. The number of imidazole rings is 1. The third-order valence-corrected chi connectivity index (χ3v) is 3.53. The van der Waals surface area contributed by atoms with Crippen molar-refractivity contribution in [1.29, 1.82) is 0 Å². The zero-order valence-corrected chi connectivity index (χ0v) is 11.4. The summed E-state index contributed by atoms with van der Waals surface area (Å²) >= 11 is 1.64. The third-order valence-electron chi connectivity index (χ3n) is 2.44. The number of hydrogen-bond acceptors (Lipinski definition) is 3. The Hall–Kier alpha value is -1.49. The maximum absolute atomic E-state index is 11.6. The van der Waals surface area contributed by atoms with E-state index in [2.05, 4.69) is 29.1 Å². The summed E-state index contributed by atoms with van der Waals surface area (Å²) in [5, 5.41) is 3.34. The molecule has 5 heteroatoms. The molecule has 4 nitrogen and oxygen atoms in total. The molecule has 1 amide bonds. The fourth-order valence-electron chi connectivity index (χ4n) is 1.57. The molecule has 0 spiro atoms. The highest BCUT2D eigenvalue weighted by Gasteiger charge is 2.06. The lowest BCUT2D eigenvalue weighted by Gasteiger charge is -2.05. The molecular weight excluding hydrogens is 246 g/mol. The minimum atomic E-state index is 0.0501. The van der Waals surface area contributed by atoms with Crippen molar-refractivity contribution < 1.29 is 4.79 Å². The quantitative estimate of drug-likeness (QED) is 0.870. The molecule has 0 aliphatic carbocycles. The highest BCUT2D eigenvalue weighted by molar-refractivity contribution is 8.00. The average Bonchev–Trinajstić information content (AvgIpc) is 2.76. The lowest BCUT2D eigenvalue weighted by Crippen LogP contribution is -2.25. The second-order valence-electron chi connectivity index (χ2n) is 4.34. The Kier molecular flexibility index (Phi) is 4.25. The number of nitrogens with one attached hydrogen (secondary N) is 2. The van der Waals surface area contributed by atoms with Crippen molar-refractivity contribution >= 4 is 28.7 Å². The van der Waals surface area contributed by atoms with E-state index in [0.717, 1.165) is 16.9 Å². The van der Waals surface area contributed by atoms with Gasteiger partial charge in [-0.2, -0.15) is 0 Å². The van der Waals surface area contributed by atoms with E-state index in [1.165, 1.54) is 0 Å². The molecule has 0 bridgehead atoms. The lowest BCUT2D eigenvalue weighted by molar-refractivity contribution is -0.118. The summed E-state index contributed by atoms with van der Waals surface area (Å²) in [5.74, 6) is 1.34. The van der Waals surface area contributed by atoms with Crippen molar-refractivity contribution in [2.75, 3.05) is 5.75 Å². The van der Waals surface area contributed by atoms with Gasteiger partial charge in [0, 0.05) is 0 Å². The van der Waals surface area contributed by atoms with Gasteiger partial charge in [-0.05, 0) is 17.4 Å². The Morgan fingerprint density at radius 2 is 2.22 bits per heavy atom. The highest BCUT2D eigenvalue weighted by atomic mass is 32.2. The normalized spacial score (nSPS) is 11.1. The van der Waals surface area contributed by atoms with Gasteiger partial charge in [0.05, 0.1) is 23.3 Å². The van der Waals surface area contributed by atoms with Crippen molar-refractivity contribution in [2.45, 2.75) is 25.6 Å². The van der Waals surface area contributed by atoms with Gasteiger partial charge >= 0.3 is 0 Å². The SMILES string of the molecule is CC(C)SCC(=O)NCc1nc2ccccc2[nH]1. The fourth-order valence-corrected chi connectivity index (χ4v) is 2.15. The standard InChI is InChI=1S/C13H17N3OS/c1-9(2)18-8-13(17)14-7-12-15-10-5-3-4-6-11(10)16-12/h3-6,9H,7-8H2,1-2H3,(H,14,17)(H,15,16). The molecule has 2 rings (SSSR count). The van der Waals surface area contributed by atoms with Crippen LogP contribution in [0.1, 0.15) is 19.7 Å². The van der Waals surface area contributed by atoms with Crippen LogP contribution in [-0.2, 0) is 11.3 Å². The average molecular weight is 263 g/mol. The Balaban J connectivity index is 1.88. The summed E-state index contributed by atoms with van der Waals surface area (Å²) in [6, 6.07) is 7.83. The van der Waals surface area contributed by atoms with Crippen molar-refractivity contribution in [3.8, 4) is 0 Å². The molecule has 0 fully saturated rings. The molecule has 0 radical (unpaired) electrons. The molecule has 0 aliphatic heterocycles. The van der Waals surface area contributed by atoms with Crippen LogP contribution in [0.3, 0.4) is 0 Å². The Bertz CT molecular complexity index is 503. The topological polar surface area (TPSA) is 57.8 Å². The Morgan fingerprint density at radius 1 is 1.44 bits per heavy atom. The minimum Gasteiger partial charge on any atom is -0.348 e. The largest absolute Gasteiger partial charge is 0.348 e. The van der Waals surface area contributed by atoms with E-state index in [9.17, 15) is 4.79 Å². The molecule has 2 N–H and O–H groups in total. The summed E-state index contributed by atoms with van der Waals surface area (Å²) in [6.07, 6.45) is 0. The van der Waals surface area contributed by atoms with E-state index in [4.69, 9.17) is 0 Å². The second kappa shape index (κ2) is 5.91. The monoisotopic (exact) mass is 263 g/mol. The van der Waals surface area contributed by atoms with Gasteiger partial charge < -0.3 is 10.3 Å². The summed E-state index contributed by atoms with van der Waals surface area (Å²) in [5.41, 5.74) is 1.93. The van der Waals surface area contributed by atoms with Gasteiger partial charge in [-0.15, -0.1) is 11.8 Å². The number of aromatic amines is 1. The van der Waals surface area contributed by atoms with Crippen LogP contribution in [0.4, 0.5) is 0 Å². The maximum atomic E-state index is 11.6. The maximum Gasteiger partial charge on any atom is 0.230 e. The van der Waals surface area contributed by atoms with Gasteiger partial charge in [0.2, 0.25) is 5.91 Å². The number of nitrogens with zero attached hydrogens (tertiary/aromatic N) is 1. The van der Waals surface area contributed by atoms with E-state index < -0.39 is 0 Å². The second-order valence-corrected chi connectivity index (χ2v) is 5.90. The van der Waals surface area contributed by atoms with E-state index >= 15 is 0 Å². The Morgan fingerprint density at radius 3 is 2.94 bits per heavy atom.